The monoisotopic (exact) mass is 322 g/mol. The predicted octanol–water partition coefficient (Wildman–Crippen LogP) is 3.88. The van der Waals surface area contributed by atoms with Gasteiger partial charge in [0.05, 0.1) is 12.7 Å². The van der Waals surface area contributed by atoms with Gasteiger partial charge in [-0.3, -0.25) is 4.79 Å². The van der Waals surface area contributed by atoms with E-state index in [-0.39, 0.29) is 23.4 Å². The number of ketones is 1. The zero-order chi connectivity index (χ0) is 17.3. The number of carbonyl (C=O) groups excluding carboxylic acids is 1. The van der Waals surface area contributed by atoms with Crippen molar-refractivity contribution in [3.8, 4) is 0 Å². The molecule has 5 atom stereocenters. The van der Waals surface area contributed by atoms with E-state index in [1.54, 1.807) is 0 Å². The molecule has 5 unspecified atom stereocenters. The molecule has 2 aliphatic carbocycles. The van der Waals surface area contributed by atoms with Gasteiger partial charge in [-0.15, -0.1) is 6.58 Å². The summed E-state index contributed by atoms with van der Waals surface area (Å²) in [6.07, 6.45) is 6.81. The molecule has 23 heavy (non-hydrogen) atoms. The standard InChI is InChI=1S/C20H34O3/c1-14(2)6-5-7-16-17(22)9-8-15-12-19(3,18(23)13-21)10-11-20(15,16)4/h15-16,18,21,23H,1,5-13H2,2-4H3. The molecule has 0 radical (unpaired) electrons. The Kier molecular flexibility index (Phi) is 5.73. The first-order chi connectivity index (χ1) is 10.7. The van der Waals surface area contributed by atoms with Crippen LogP contribution in [-0.4, -0.2) is 28.7 Å². The van der Waals surface area contributed by atoms with Crippen LogP contribution >= 0.6 is 0 Å². The largest absolute Gasteiger partial charge is 0.394 e. The van der Waals surface area contributed by atoms with Crippen molar-refractivity contribution in [2.45, 2.75) is 78.2 Å². The Hall–Kier alpha value is -0.670. The van der Waals surface area contributed by atoms with Gasteiger partial charge in [0.2, 0.25) is 0 Å². The Balaban J connectivity index is 2.11. The Morgan fingerprint density at radius 2 is 2.09 bits per heavy atom. The second-order valence-electron chi connectivity index (χ2n) is 8.67. The smallest absolute Gasteiger partial charge is 0.136 e. The fourth-order valence-corrected chi connectivity index (χ4v) is 5.03. The molecule has 0 amide bonds. The summed E-state index contributed by atoms with van der Waals surface area (Å²) in [7, 11) is 0. The van der Waals surface area contributed by atoms with Crippen LogP contribution in [0.25, 0.3) is 0 Å². The van der Waals surface area contributed by atoms with Crippen LogP contribution in [0.4, 0.5) is 0 Å². The molecule has 3 heteroatoms. The van der Waals surface area contributed by atoms with E-state index < -0.39 is 6.10 Å². The third-order valence-corrected chi connectivity index (χ3v) is 6.88. The molecular formula is C20H34O3. The molecule has 0 spiro atoms. The van der Waals surface area contributed by atoms with Gasteiger partial charge in [0.1, 0.15) is 5.78 Å². The van der Waals surface area contributed by atoms with Gasteiger partial charge >= 0.3 is 0 Å². The van der Waals surface area contributed by atoms with Crippen molar-refractivity contribution in [3.63, 3.8) is 0 Å². The van der Waals surface area contributed by atoms with Crippen molar-refractivity contribution in [2.75, 3.05) is 6.61 Å². The van der Waals surface area contributed by atoms with E-state index in [2.05, 4.69) is 27.4 Å². The Labute approximate surface area is 141 Å². The summed E-state index contributed by atoms with van der Waals surface area (Å²) >= 11 is 0. The lowest BCUT2D eigenvalue weighted by molar-refractivity contribution is -0.144. The fraction of sp³-hybridized carbons (Fsp3) is 0.850. The maximum atomic E-state index is 12.6. The summed E-state index contributed by atoms with van der Waals surface area (Å²) in [5.74, 6) is 1.09. The van der Waals surface area contributed by atoms with Crippen LogP contribution in [-0.2, 0) is 4.79 Å². The molecule has 2 aliphatic rings. The van der Waals surface area contributed by atoms with E-state index >= 15 is 0 Å². The number of fused-ring (bicyclic) bond motifs is 1. The van der Waals surface area contributed by atoms with Crippen LogP contribution in [0, 0.1) is 22.7 Å². The molecule has 132 valence electrons. The van der Waals surface area contributed by atoms with Crippen molar-refractivity contribution in [1.82, 2.24) is 0 Å². The maximum Gasteiger partial charge on any atom is 0.136 e. The van der Waals surface area contributed by atoms with Crippen LogP contribution in [0.3, 0.4) is 0 Å². The zero-order valence-corrected chi connectivity index (χ0v) is 15.1. The Morgan fingerprint density at radius 3 is 2.70 bits per heavy atom. The van der Waals surface area contributed by atoms with Crippen molar-refractivity contribution >= 4 is 5.78 Å². The van der Waals surface area contributed by atoms with Crippen LogP contribution in [0.15, 0.2) is 12.2 Å². The Bertz CT molecular complexity index is 458. The Morgan fingerprint density at radius 1 is 1.39 bits per heavy atom. The molecule has 0 bridgehead atoms. The van der Waals surface area contributed by atoms with Gasteiger partial charge in [-0.25, -0.2) is 0 Å². The average Bonchev–Trinajstić information content (AvgIpc) is 2.50. The van der Waals surface area contributed by atoms with Gasteiger partial charge in [-0.2, -0.15) is 0 Å². The van der Waals surface area contributed by atoms with Crippen molar-refractivity contribution in [1.29, 1.82) is 0 Å². The average molecular weight is 322 g/mol. The highest BCUT2D eigenvalue weighted by Gasteiger charge is 2.53. The van der Waals surface area contributed by atoms with Crippen molar-refractivity contribution in [2.24, 2.45) is 22.7 Å². The number of aliphatic hydroxyl groups excluding tert-OH is 2. The molecule has 0 aromatic carbocycles. The SMILES string of the molecule is C=C(C)CCCC1C(=O)CCC2CC(C)(C(O)CO)CCC21C. The molecule has 2 N–H and O–H groups in total. The fourth-order valence-electron chi connectivity index (χ4n) is 5.03. The minimum atomic E-state index is -0.647. The molecule has 0 heterocycles. The first-order valence-corrected chi connectivity index (χ1v) is 9.19. The van der Waals surface area contributed by atoms with E-state index in [1.165, 1.54) is 5.57 Å². The van der Waals surface area contributed by atoms with Gasteiger partial charge in [-0.05, 0) is 68.6 Å². The summed E-state index contributed by atoms with van der Waals surface area (Å²) in [5, 5.41) is 19.6. The zero-order valence-electron chi connectivity index (χ0n) is 15.1. The van der Waals surface area contributed by atoms with Crippen LogP contribution in [0.2, 0.25) is 0 Å². The summed E-state index contributed by atoms with van der Waals surface area (Å²) < 4.78 is 0. The number of carbonyl (C=O) groups is 1. The lowest BCUT2D eigenvalue weighted by Crippen LogP contribution is -2.52. The van der Waals surface area contributed by atoms with Crippen LogP contribution in [0.1, 0.15) is 72.1 Å². The van der Waals surface area contributed by atoms with E-state index in [0.717, 1.165) is 44.9 Å². The number of Topliss-reactive ketones (excluding diaryl/α,β-unsaturated/α-hetero) is 1. The maximum absolute atomic E-state index is 12.6. The van der Waals surface area contributed by atoms with Crippen molar-refractivity contribution in [3.05, 3.63) is 12.2 Å². The topological polar surface area (TPSA) is 57.5 Å². The lowest BCUT2D eigenvalue weighted by atomic mass is 9.49. The highest BCUT2D eigenvalue weighted by Crippen LogP contribution is 2.58. The van der Waals surface area contributed by atoms with Crippen LogP contribution < -0.4 is 0 Å². The number of rotatable bonds is 6. The molecule has 0 aliphatic heterocycles. The van der Waals surface area contributed by atoms with Gasteiger partial charge in [0.15, 0.2) is 0 Å². The van der Waals surface area contributed by atoms with Gasteiger partial charge < -0.3 is 10.2 Å². The van der Waals surface area contributed by atoms with E-state index in [1.807, 2.05) is 0 Å². The van der Waals surface area contributed by atoms with Gasteiger partial charge in [0.25, 0.3) is 0 Å². The van der Waals surface area contributed by atoms with E-state index in [0.29, 0.717) is 18.1 Å². The van der Waals surface area contributed by atoms with E-state index in [9.17, 15) is 15.0 Å². The minimum Gasteiger partial charge on any atom is -0.394 e. The highest BCUT2D eigenvalue weighted by atomic mass is 16.3. The molecule has 0 aromatic heterocycles. The first-order valence-electron chi connectivity index (χ1n) is 9.19. The second kappa shape index (κ2) is 7.06. The highest BCUT2D eigenvalue weighted by molar-refractivity contribution is 5.82. The summed E-state index contributed by atoms with van der Waals surface area (Å²) in [4.78, 5) is 12.6. The minimum absolute atomic E-state index is 0.0685. The molecule has 2 saturated carbocycles. The third-order valence-electron chi connectivity index (χ3n) is 6.88. The summed E-state index contributed by atoms with van der Waals surface area (Å²) in [6.45, 7) is 10.2. The number of hydrogen-bond donors (Lipinski definition) is 2. The molecule has 0 saturated heterocycles. The molecule has 2 fully saturated rings. The third kappa shape index (κ3) is 3.71. The van der Waals surface area contributed by atoms with Crippen molar-refractivity contribution < 1.29 is 15.0 Å². The number of aliphatic hydroxyl groups is 2. The normalized spacial score (nSPS) is 38.9. The van der Waals surface area contributed by atoms with Crippen LogP contribution in [0.5, 0.6) is 0 Å². The van der Waals surface area contributed by atoms with Gasteiger partial charge in [-0.1, -0.05) is 19.4 Å². The quantitative estimate of drug-likeness (QED) is 0.730. The summed E-state index contributed by atoms with van der Waals surface area (Å²) in [5.41, 5.74) is 1.05. The summed E-state index contributed by atoms with van der Waals surface area (Å²) in [6, 6.07) is 0. The number of hydrogen-bond acceptors (Lipinski definition) is 3. The predicted molar refractivity (Wildman–Crippen MR) is 93.0 cm³/mol. The lowest BCUT2D eigenvalue weighted by Gasteiger charge is -2.55. The van der Waals surface area contributed by atoms with Gasteiger partial charge in [0, 0.05) is 12.3 Å². The second-order valence-corrected chi connectivity index (χ2v) is 8.67. The first kappa shape index (κ1) is 18.7. The molecule has 3 nitrogen and oxygen atoms in total. The number of allylic oxidation sites excluding steroid dienone is 1. The molecule has 0 aromatic rings. The van der Waals surface area contributed by atoms with E-state index in [4.69, 9.17) is 0 Å². The molecular weight excluding hydrogens is 288 g/mol. The molecule has 2 rings (SSSR count).